The Hall–Kier alpha value is -0.870. The van der Waals surface area contributed by atoms with E-state index in [4.69, 9.17) is 21.9 Å². The topological polar surface area (TPSA) is 132 Å². The number of primary sulfonamides is 2. The lowest BCUT2D eigenvalue weighted by Crippen LogP contribution is -2.19. The first-order chi connectivity index (χ1) is 11.1. The molecule has 0 spiro atoms. The highest BCUT2D eigenvalue weighted by atomic mass is 35.5. The maximum atomic E-state index is 11.7. The monoisotopic (exact) mass is 397 g/mol. The quantitative estimate of drug-likeness (QED) is 0.521. The summed E-state index contributed by atoms with van der Waals surface area (Å²) in [6, 6.07) is 2.11. The van der Waals surface area contributed by atoms with Gasteiger partial charge in [-0.25, -0.2) is 27.1 Å². The van der Waals surface area contributed by atoms with Gasteiger partial charge in [0, 0.05) is 6.54 Å². The predicted molar refractivity (Wildman–Crippen MR) is 96.1 cm³/mol. The van der Waals surface area contributed by atoms with Gasteiger partial charge in [0.25, 0.3) is 0 Å². The Bertz CT molecular complexity index is 764. The fourth-order valence-electron chi connectivity index (χ4n) is 2.25. The van der Waals surface area contributed by atoms with Crippen LogP contribution in [0.5, 0.6) is 0 Å². The van der Waals surface area contributed by atoms with Crippen molar-refractivity contribution < 1.29 is 16.8 Å². The predicted octanol–water partition coefficient (Wildman–Crippen LogP) is 2.41. The molecule has 0 atom stereocenters. The molecule has 0 amide bonds. The Morgan fingerprint density at radius 1 is 0.917 bits per heavy atom. The number of halogens is 1. The number of hydrogen-bond acceptors (Lipinski definition) is 5. The molecule has 0 saturated carbocycles. The number of benzene rings is 1. The van der Waals surface area contributed by atoms with Crippen LogP contribution >= 0.6 is 11.6 Å². The van der Waals surface area contributed by atoms with Gasteiger partial charge in [0.15, 0.2) is 0 Å². The van der Waals surface area contributed by atoms with Crippen molar-refractivity contribution in [2.45, 2.75) is 55.2 Å². The average molecular weight is 398 g/mol. The Morgan fingerprint density at radius 2 is 1.46 bits per heavy atom. The molecule has 0 bridgehead atoms. The first kappa shape index (κ1) is 21.2. The number of sulfonamides is 2. The van der Waals surface area contributed by atoms with E-state index in [0.29, 0.717) is 6.54 Å². The van der Waals surface area contributed by atoms with E-state index in [1.54, 1.807) is 0 Å². The molecule has 24 heavy (non-hydrogen) atoms. The van der Waals surface area contributed by atoms with Crippen molar-refractivity contribution in [1.29, 1.82) is 0 Å². The van der Waals surface area contributed by atoms with E-state index in [2.05, 4.69) is 12.2 Å². The number of unbranched alkanes of at least 4 members (excludes halogenated alkanes) is 5. The molecule has 7 nitrogen and oxygen atoms in total. The third-order valence-corrected chi connectivity index (χ3v) is 5.82. The zero-order chi connectivity index (χ0) is 18.4. The Balaban J connectivity index is 2.89. The van der Waals surface area contributed by atoms with E-state index >= 15 is 0 Å². The van der Waals surface area contributed by atoms with Crippen LogP contribution in [0.2, 0.25) is 5.02 Å². The van der Waals surface area contributed by atoms with Crippen molar-refractivity contribution in [2.75, 3.05) is 11.9 Å². The molecule has 0 unspecified atom stereocenters. The highest BCUT2D eigenvalue weighted by molar-refractivity contribution is 7.90. The summed E-state index contributed by atoms with van der Waals surface area (Å²) >= 11 is 5.90. The van der Waals surface area contributed by atoms with Crippen LogP contribution in [0.1, 0.15) is 45.4 Å². The van der Waals surface area contributed by atoms with Gasteiger partial charge in [-0.3, -0.25) is 0 Å². The van der Waals surface area contributed by atoms with E-state index < -0.39 is 24.9 Å². The third-order valence-electron chi connectivity index (χ3n) is 3.49. The molecule has 0 aliphatic heterocycles. The number of hydrogen-bond donors (Lipinski definition) is 3. The van der Waals surface area contributed by atoms with Crippen molar-refractivity contribution in [3.8, 4) is 0 Å². The first-order valence-corrected chi connectivity index (χ1v) is 11.2. The number of nitrogens with two attached hydrogens (primary N) is 2. The molecule has 10 heteroatoms. The zero-order valence-electron chi connectivity index (χ0n) is 13.6. The minimum atomic E-state index is -4.15. The highest BCUT2D eigenvalue weighted by Crippen LogP contribution is 2.30. The standard InChI is InChI=1S/C14H24ClN3O4S2/c1-2-3-4-5-6-7-8-18-12-9-11(15)13(23(16,19)20)10-14(12)24(17,21)22/h9-10,18H,2-8H2,1H3,(H2,16,19,20)(H2,17,21,22). The number of anilines is 1. The van der Waals surface area contributed by atoms with Crippen molar-refractivity contribution in [2.24, 2.45) is 10.3 Å². The van der Waals surface area contributed by atoms with E-state index in [-0.39, 0.29) is 15.6 Å². The number of rotatable bonds is 10. The maximum absolute atomic E-state index is 11.7. The molecule has 1 aromatic rings. The maximum Gasteiger partial charge on any atom is 0.240 e. The first-order valence-electron chi connectivity index (χ1n) is 7.70. The molecule has 1 aromatic carbocycles. The molecule has 138 valence electrons. The van der Waals surface area contributed by atoms with Gasteiger partial charge in [0.05, 0.1) is 10.7 Å². The van der Waals surface area contributed by atoms with Gasteiger partial charge in [-0.05, 0) is 18.6 Å². The van der Waals surface area contributed by atoms with E-state index in [9.17, 15) is 16.8 Å². The Morgan fingerprint density at radius 3 is 2.00 bits per heavy atom. The lowest BCUT2D eigenvalue weighted by molar-refractivity contribution is 0.596. The average Bonchev–Trinajstić information content (AvgIpc) is 2.43. The van der Waals surface area contributed by atoms with Crippen molar-refractivity contribution in [1.82, 2.24) is 0 Å². The highest BCUT2D eigenvalue weighted by Gasteiger charge is 2.22. The molecule has 5 N–H and O–H groups in total. The third kappa shape index (κ3) is 6.56. The molecular weight excluding hydrogens is 374 g/mol. The van der Waals surface area contributed by atoms with Gasteiger partial charge in [-0.15, -0.1) is 0 Å². The molecule has 0 radical (unpaired) electrons. The van der Waals surface area contributed by atoms with Gasteiger partial charge in [-0.2, -0.15) is 0 Å². The molecule has 0 aliphatic rings. The largest absolute Gasteiger partial charge is 0.384 e. The van der Waals surface area contributed by atoms with Crippen molar-refractivity contribution in [3.63, 3.8) is 0 Å². The van der Waals surface area contributed by atoms with Crippen molar-refractivity contribution in [3.05, 3.63) is 17.2 Å². The summed E-state index contributed by atoms with van der Waals surface area (Å²) in [5, 5.41) is 13.0. The van der Waals surface area contributed by atoms with Gasteiger partial charge in [0.1, 0.15) is 9.79 Å². The summed E-state index contributed by atoms with van der Waals surface area (Å²) in [4.78, 5) is -0.819. The molecule has 0 aromatic heterocycles. The lowest BCUT2D eigenvalue weighted by Gasteiger charge is -2.13. The van der Waals surface area contributed by atoms with Crippen LogP contribution in [0.4, 0.5) is 5.69 Å². The van der Waals surface area contributed by atoms with Crippen LogP contribution in [0.3, 0.4) is 0 Å². The fourth-order valence-corrected chi connectivity index (χ4v) is 4.15. The van der Waals surface area contributed by atoms with Crippen LogP contribution in [0.15, 0.2) is 21.9 Å². The summed E-state index contributed by atoms with van der Waals surface area (Å²) in [6.45, 7) is 2.67. The molecule has 1 rings (SSSR count). The summed E-state index contributed by atoms with van der Waals surface area (Å²) in [5.74, 6) is 0. The summed E-state index contributed by atoms with van der Waals surface area (Å²) < 4.78 is 46.4. The molecule has 0 fully saturated rings. The van der Waals surface area contributed by atoms with E-state index in [0.717, 1.165) is 25.3 Å². The minimum Gasteiger partial charge on any atom is -0.384 e. The fraction of sp³-hybridized carbons (Fsp3) is 0.571. The SMILES string of the molecule is CCCCCCCCNc1cc(Cl)c(S(N)(=O)=O)cc1S(N)(=O)=O. The molecule has 0 heterocycles. The van der Waals surface area contributed by atoms with E-state index in [1.165, 1.54) is 25.3 Å². The minimum absolute atomic E-state index is 0.157. The lowest BCUT2D eigenvalue weighted by atomic mass is 10.1. The zero-order valence-corrected chi connectivity index (χ0v) is 16.0. The second-order valence-electron chi connectivity index (χ2n) is 5.56. The molecule has 0 saturated heterocycles. The number of nitrogens with one attached hydrogen (secondary N) is 1. The molecular formula is C14H24ClN3O4S2. The van der Waals surface area contributed by atoms with Gasteiger partial charge < -0.3 is 5.32 Å². The van der Waals surface area contributed by atoms with Gasteiger partial charge in [0.2, 0.25) is 20.0 Å². The summed E-state index contributed by atoms with van der Waals surface area (Å²) in [7, 11) is -8.28. The van der Waals surface area contributed by atoms with Crippen LogP contribution in [0.25, 0.3) is 0 Å². The Kier molecular flexibility index (Phi) is 7.94. The Labute approximate surface area is 148 Å². The summed E-state index contributed by atoms with van der Waals surface area (Å²) in [6.07, 6.45) is 6.53. The summed E-state index contributed by atoms with van der Waals surface area (Å²) in [5.41, 5.74) is 0.170. The van der Waals surface area contributed by atoms with Gasteiger partial charge in [-0.1, -0.05) is 50.6 Å². The smallest absolute Gasteiger partial charge is 0.240 e. The van der Waals surface area contributed by atoms with Crippen LogP contribution in [-0.4, -0.2) is 23.4 Å². The van der Waals surface area contributed by atoms with Crippen LogP contribution < -0.4 is 15.6 Å². The molecule has 0 aliphatic carbocycles. The second-order valence-corrected chi connectivity index (χ2v) is 9.03. The van der Waals surface area contributed by atoms with E-state index in [1.807, 2.05) is 0 Å². The second kappa shape index (κ2) is 9.00. The van der Waals surface area contributed by atoms with Crippen LogP contribution in [0, 0.1) is 0 Å². The van der Waals surface area contributed by atoms with Crippen LogP contribution in [-0.2, 0) is 20.0 Å². The van der Waals surface area contributed by atoms with Crippen molar-refractivity contribution >= 4 is 37.3 Å². The van der Waals surface area contributed by atoms with Gasteiger partial charge >= 0.3 is 0 Å². The normalized spacial score (nSPS) is 12.3.